The molecule has 25 heavy (non-hydrogen) atoms. The van der Waals surface area contributed by atoms with Crippen LogP contribution in [0.15, 0.2) is 30.7 Å². The summed E-state index contributed by atoms with van der Waals surface area (Å²) in [5.74, 6) is 1.35. The van der Waals surface area contributed by atoms with E-state index in [1.54, 1.807) is 25.4 Å². The van der Waals surface area contributed by atoms with Gasteiger partial charge in [-0.25, -0.2) is 4.98 Å². The molecule has 1 amide bonds. The number of methoxy groups -OCH3 is 2. The summed E-state index contributed by atoms with van der Waals surface area (Å²) >= 11 is 0. The molecule has 1 atom stereocenters. The molecule has 2 aromatic rings. The van der Waals surface area contributed by atoms with Crippen LogP contribution in [0.25, 0.3) is 0 Å². The molecule has 2 rings (SSSR count). The van der Waals surface area contributed by atoms with Crippen molar-refractivity contribution >= 4 is 11.6 Å². The number of amides is 1. The number of rotatable bonds is 8. The largest absolute Gasteiger partial charge is 0.496 e. The predicted molar refractivity (Wildman–Crippen MR) is 98.2 cm³/mol. The van der Waals surface area contributed by atoms with E-state index in [1.165, 1.54) is 7.11 Å². The molecule has 0 fully saturated rings. The topological polar surface area (TPSA) is 67.4 Å². The molecule has 0 spiro atoms. The minimum Gasteiger partial charge on any atom is -0.496 e. The van der Waals surface area contributed by atoms with E-state index in [2.05, 4.69) is 23.8 Å². The molecule has 0 saturated heterocycles. The van der Waals surface area contributed by atoms with E-state index in [0.29, 0.717) is 5.92 Å². The quantitative estimate of drug-likeness (QED) is 0.798. The van der Waals surface area contributed by atoms with Crippen LogP contribution in [-0.2, 0) is 16.0 Å². The van der Waals surface area contributed by atoms with Gasteiger partial charge in [0.15, 0.2) is 0 Å². The first-order chi connectivity index (χ1) is 12.0. The number of likely N-dealkylation sites (N-methyl/N-ethyl adjacent to an activating group) is 1. The Morgan fingerprint density at radius 1 is 1.32 bits per heavy atom. The third-order valence-electron chi connectivity index (χ3n) is 4.43. The third kappa shape index (κ3) is 4.60. The van der Waals surface area contributed by atoms with Gasteiger partial charge >= 0.3 is 0 Å². The summed E-state index contributed by atoms with van der Waals surface area (Å²) in [4.78, 5) is 21.1. The van der Waals surface area contributed by atoms with Gasteiger partial charge < -0.3 is 19.4 Å². The second-order valence-electron chi connectivity index (χ2n) is 6.43. The van der Waals surface area contributed by atoms with Gasteiger partial charge in [0.05, 0.1) is 19.1 Å². The number of hydrogen-bond acceptors (Lipinski definition) is 4. The monoisotopic (exact) mass is 345 g/mol. The molecule has 0 aliphatic rings. The molecule has 0 aliphatic heterocycles. The van der Waals surface area contributed by atoms with Crippen LogP contribution in [0.2, 0.25) is 0 Å². The van der Waals surface area contributed by atoms with Crippen LogP contribution in [0.5, 0.6) is 5.75 Å². The highest BCUT2D eigenvalue weighted by atomic mass is 16.5. The number of nitrogens with zero attached hydrogens (tertiary/aromatic N) is 2. The normalized spacial score (nSPS) is 12.2. The van der Waals surface area contributed by atoms with Crippen molar-refractivity contribution in [3.05, 3.63) is 42.0 Å². The van der Waals surface area contributed by atoms with Gasteiger partial charge in [0.1, 0.15) is 12.4 Å². The van der Waals surface area contributed by atoms with E-state index in [-0.39, 0.29) is 18.4 Å². The lowest BCUT2D eigenvalue weighted by Crippen LogP contribution is -2.29. The summed E-state index contributed by atoms with van der Waals surface area (Å²) in [6.45, 7) is 4.42. The summed E-state index contributed by atoms with van der Waals surface area (Å²) in [6.07, 6.45) is 4.41. The van der Waals surface area contributed by atoms with Crippen molar-refractivity contribution in [2.45, 2.75) is 26.2 Å². The molecular weight excluding hydrogens is 318 g/mol. The summed E-state index contributed by atoms with van der Waals surface area (Å²) in [5.41, 5.74) is 2.91. The van der Waals surface area contributed by atoms with E-state index in [0.717, 1.165) is 29.1 Å². The van der Waals surface area contributed by atoms with Crippen molar-refractivity contribution in [1.82, 2.24) is 9.97 Å². The zero-order valence-corrected chi connectivity index (χ0v) is 15.6. The Morgan fingerprint density at radius 3 is 2.64 bits per heavy atom. The molecule has 0 bridgehead atoms. The van der Waals surface area contributed by atoms with Crippen molar-refractivity contribution in [1.29, 1.82) is 0 Å². The zero-order chi connectivity index (χ0) is 18.4. The molecule has 1 heterocycles. The maximum atomic E-state index is 12.1. The molecule has 0 aliphatic carbocycles. The fourth-order valence-electron chi connectivity index (χ4n) is 2.92. The van der Waals surface area contributed by atoms with Crippen LogP contribution in [0.1, 0.15) is 31.0 Å². The summed E-state index contributed by atoms with van der Waals surface area (Å²) in [7, 11) is 4.94. The molecular formula is C19H27N3O3. The van der Waals surface area contributed by atoms with Gasteiger partial charge in [0, 0.05) is 26.0 Å². The molecule has 0 saturated carbocycles. The van der Waals surface area contributed by atoms with E-state index >= 15 is 0 Å². The number of imidazole rings is 1. The Hall–Kier alpha value is -2.34. The molecule has 6 nitrogen and oxygen atoms in total. The minimum atomic E-state index is -0.0907. The standard InChI is InChI=1S/C19H27N3O3/c1-13(2)16(8-14-10-20-12-21-14)17-9-15(6-7-18(17)25-5)22(3)19(23)11-24-4/h6-7,9-10,12-13,16H,8,11H2,1-5H3,(H,20,21)/t16-/m0/s1. The number of anilines is 1. The molecule has 0 unspecified atom stereocenters. The van der Waals surface area contributed by atoms with Gasteiger partial charge in [-0.1, -0.05) is 13.8 Å². The predicted octanol–water partition coefficient (Wildman–Crippen LogP) is 3.01. The summed E-state index contributed by atoms with van der Waals surface area (Å²) in [6, 6.07) is 5.84. The molecule has 1 aromatic heterocycles. The average Bonchev–Trinajstić information content (AvgIpc) is 3.11. The van der Waals surface area contributed by atoms with Crippen LogP contribution in [0, 0.1) is 5.92 Å². The highest BCUT2D eigenvalue weighted by molar-refractivity contribution is 5.93. The van der Waals surface area contributed by atoms with Crippen molar-refractivity contribution in [2.24, 2.45) is 5.92 Å². The highest BCUT2D eigenvalue weighted by Crippen LogP contribution is 2.36. The Labute approximate surface area is 149 Å². The van der Waals surface area contributed by atoms with Gasteiger partial charge in [-0.15, -0.1) is 0 Å². The maximum absolute atomic E-state index is 12.1. The number of ether oxygens (including phenoxy) is 2. The van der Waals surface area contributed by atoms with Crippen LogP contribution in [-0.4, -0.2) is 43.7 Å². The van der Waals surface area contributed by atoms with E-state index in [4.69, 9.17) is 9.47 Å². The first-order valence-electron chi connectivity index (χ1n) is 8.39. The van der Waals surface area contributed by atoms with Gasteiger partial charge in [-0.2, -0.15) is 0 Å². The van der Waals surface area contributed by atoms with E-state index in [1.807, 2.05) is 24.4 Å². The second-order valence-corrected chi connectivity index (χ2v) is 6.43. The van der Waals surface area contributed by atoms with Crippen LogP contribution < -0.4 is 9.64 Å². The number of hydrogen-bond donors (Lipinski definition) is 1. The van der Waals surface area contributed by atoms with E-state index in [9.17, 15) is 4.79 Å². The number of benzene rings is 1. The molecule has 136 valence electrons. The number of carbonyl (C=O) groups is 1. The number of H-pyrrole nitrogens is 1. The molecule has 1 aromatic carbocycles. The minimum absolute atomic E-state index is 0.0543. The molecule has 6 heteroatoms. The first-order valence-corrected chi connectivity index (χ1v) is 8.39. The Morgan fingerprint density at radius 2 is 2.08 bits per heavy atom. The van der Waals surface area contributed by atoms with Gasteiger partial charge in [-0.05, 0) is 42.0 Å². The Bertz CT molecular complexity index is 683. The van der Waals surface area contributed by atoms with Gasteiger partial charge in [0.25, 0.3) is 5.91 Å². The van der Waals surface area contributed by atoms with Crippen LogP contribution in [0.4, 0.5) is 5.69 Å². The van der Waals surface area contributed by atoms with E-state index < -0.39 is 0 Å². The van der Waals surface area contributed by atoms with Gasteiger partial charge in [0.2, 0.25) is 0 Å². The zero-order valence-electron chi connectivity index (χ0n) is 15.6. The number of aromatic amines is 1. The number of carbonyl (C=O) groups excluding carboxylic acids is 1. The SMILES string of the molecule is COCC(=O)N(C)c1ccc(OC)c([C@@H](Cc2c[nH]cn2)C(C)C)c1. The van der Waals surface area contributed by atoms with Crippen LogP contribution in [0.3, 0.4) is 0 Å². The summed E-state index contributed by atoms with van der Waals surface area (Å²) in [5, 5.41) is 0. The van der Waals surface area contributed by atoms with Crippen molar-refractivity contribution in [3.8, 4) is 5.75 Å². The lowest BCUT2D eigenvalue weighted by molar-refractivity contribution is -0.121. The lowest BCUT2D eigenvalue weighted by Gasteiger charge is -2.25. The smallest absolute Gasteiger partial charge is 0.252 e. The fourth-order valence-corrected chi connectivity index (χ4v) is 2.92. The Kier molecular flexibility index (Phi) is 6.58. The van der Waals surface area contributed by atoms with Crippen molar-refractivity contribution in [2.75, 3.05) is 32.8 Å². The fraction of sp³-hybridized carbons (Fsp3) is 0.474. The average molecular weight is 345 g/mol. The molecule has 0 radical (unpaired) electrons. The van der Waals surface area contributed by atoms with Crippen LogP contribution >= 0.6 is 0 Å². The molecule has 1 N–H and O–H groups in total. The number of nitrogens with one attached hydrogen (secondary N) is 1. The highest BCUT2D eigenvalue weighted by Gasteiger charge is 2.23. The van der Waals surface area contributed by atoms with Crippen molar-refractivity contribution < 1.29 is 14.3 Å². The second kappa shape index (κ2) is 8.67. The first kappa shape index (κ1) is 19.0. The van der Waals surface area contributed by atoms with Crippen molar-refractivity contribution in [3.63, 3.8) is 0 Å². The third-order valence-corrected chi connectivity index (χ3v) is 4.43. The van der Waals surface area contributed by atoms with Gasteiger partial charge in [-0.3, -0.25) is 4.79 Å². The lowest BCUT2D eigenvalue weighted by atomic mass is 9.84. The summed E-state index contributed by atoms with van der Waals surface area (Å²) < 4.78 is 10.5. The Balaban J connectivity index is 2.38. The number of aromatic nitrogens is 2. The maximum Gasteiger partial charge on any atom is 0.252 e.